The summed E-state index contributed by atoms with van der Waals surface area (Å²) < 4.78 is 1.79. The molecule has 2 heterocycles. The van der Waals surface area contributed by atoms with E-state index in [0.29, 0.717) is 5.15 Å². The number of nitrogens with zero attached hydrogens (tertiary/aromatic N) is 3. The predicted octanol–water partition coefficient (Wildman–Crippen LogP) is 1.69. The Balaban J connectivity index is 2.96. The molecule has 0 aliphatic rings. The lowest BCUT2D eigenvalue weighted by Gasteiger charge is -1.95. The van der Waals surface area contributed by atoms with Crippen molar-refractivity contribution in [2.75, 3.05) is 0 Å². The Hall–Kier alpha value is -1.09. The summed E-state index contributed by atoms with van der Waals surface area (Å²) in [6.07, 6.45) is 0. The summed E-state index contributed by atoms with van der Waals surface area (Å²) in [6, 6.07) is 5.53. The molecule has 0 unspecified atom stereocenters. The van der Waals surface area contributed by atoms with Gasteiger partial charge in [0.25, 0.3) is 0 Å². The molecular formula is C7H6ClN3. The van der Waals surface area contributed by atoms with Crippen LogP contribution in [0.1, 0.15) is 5.82 Å². The molecule has 0 N–H and O–H groups in total. The average molecular weight is 168 g/mol. The lowest BCUT2D eigenvalue weighted by molar-refractivity contribution is 1.01. The summed E-state index contributed by atoms with van der Waals surface area (Å²) >= 11 is 5.89. The first kappa shape index (κ1) is 6.61. The van der Waals surface area contributed by atoms with Gasteiger partial charge in [-0.25, -0.2) is 0 Å². The van der Waals surface area contributed by atoms with E-state index in [9.17, 15) is 0 Å². The highest BCUT2D eigenvalue weighted by Gasteiger charge is 2.01. The van der Waals surface area contributed by atoms with E-state index in [0.717, 1.165) is 11.5 Å². The van der Waals surface area contributed by atoms with Gasteiger partial charge in [0.15, 0.2) is 5.65 Å². The van der Waals surface area contributed by atoms with Gasteiger partial charge in [-0.1, -0.05) is 17.7 Å². The molecule has 0 saturated heterocycles. The Morgan fingerprint density at radius 3 is 2.91 bits per heavy atom. The van der Waals surface area contributed by atoms with Crippen molar-refractivity contribution in [2.45, 2.75) is 6.92 Å². The minimum Gasteiger partial charge on any atom is -0.269 e. The fourth-order valence-corrected chi connectivity index (χ4v) is 1.32. The smallest absolute Gasteiger partial charge is 0.161 e. The maximum atomic E-state index is 5.89. The number of hydrogen-bond acceptors (Lipinski definition) is 2. The van der Waals surface area contributed by atoms with Crippen LogP contribution in [0.3, 0.4) is 0 Å². The molecule has 0 fully saturated rings. The molecule has 0 spiro atoms. The molecule has 0 radical (unpaired) electrons. The van der Waals surface area contributed by atoms with Gasteiger partial charge in [0.05, 0.1) is 0 Å². The van der Waals surface area contributed by atoms with Crippen molar-refractivity contribution in [3.05, 3.63) is 29.2 Å². The van der Waals surface area contributed by atoms with E-state index >= 15 is 0 Å². The van der Waals surface area contributed by atoms with Crippen LogP contribution in [0.2, 0.25) is 5.15 Å². The summed E-state index contributed by atoms with van der Waals surface area (Å²) in [5.74, 6) is 0.811. The van der Waals surface area contributed by atoms with Crippen molar-refractivity contribution in [2.24, 2.45) is 0 Å². The van der Waals surface area contributed by atoms with Crippen molar-refractivity contribution in [1.29, 1.82) is 0 Å². The quantitative estimate of drug-likeness (QED) is 0.559. The lowest BCUT2D eigenvalue weighted by atomic mass is 10.5. The molecule has 0 saturated carbocycles. The Kier molecular flexibility index (Phi) is 1.32. The topological polar surface area (TPSA) is 30.2 Å². The Morgan fingerprint density at radius 2 is 2.18 bits per heavy atom. The van der Waals surface area contributed by atoms with Gasteiger partial charge >= 0.3 is 0 Å². The molecule has 3 nitrogen and oxygen atoms in total. The highest BCUT2D eigenvalue weighted by atomic mass is 35.5. The third kappa shape index (κ3) is 0.886. The molecule has 4 heteroatoms. The van der Waals surface area contributed by atoms with Crippen LogP contribution in [0, 0.1) is 6.92 Å². The first-order valence-corrected chi connectivity index (χ1v) is 3.63. The van der Waals surface area contributed by atoms with Crippen molar-refractivity contribution in [3.63, 3.8) is 0 Å². The van der Waals surface area contributed by atoms with Gasteiger partial charge in [-0.05, 0) is 19.1 Å². The summed E-state index contributed by atoms with van der Waals surface area (Å²) in [5.41, 5.74) is 0.787. The minimum atomic E-state index is 0.644. The van der Waals surface area contributed by atoms with E-state index in [2.05, 4.69) is 10.2 Å². The van der Waals surface area contributed by atoms with E-state index in [4.69, 9.17) is 11.6 Å². The van der Waals surface area contributed by atoms with Crippen LogP contribution in [0.4, 0.5) is 0 Å². The van der Waals surface area contributed by atoms with E-state index in [1.807, 2.05) is 25.1 Å². The second-order valence-electron chi connectivity index (χ2n) is 2.29. The van der Waals surface area contributed by atoms with Crippen molar-refractivity contribution >= 4 is 17.2 Å². The van der Waals surface area contributed by atoms with Crippen LogP contribution in [0.25, 0.3) is 5.65 Å². The second kappa shape index (κ2) is 2.20. The standard InChI is InChI=1S/C7H6ClN3/c1-5-9-10-7-4-2-3-6(8)11(5)7/h2-4H,1H3. The van der Waals surface area contributed by atoms with Gasteiger partial charge in [-0.2, -0.15) is 0 Å². The Morgan fingerprint density at radius 1 is 1.36 bits per heavy atom. The number of aryl methyl sites for hydroxylation is 1. The molecule has 0 bridgehead atoms. The van der Waals surface area contributed by atoms with Crippen molar-refractivity contribution in [1.82, 2.24) is 14.6 Å². The van der Waals surface area contributed by atoms with E-state index in [1.54, 1.807) is 4.40 Å². The molecule has 0 aromatic carbocycles. The average Bonchev–Trinajstić information content (AvgIpc) is 2.34. The largest absolute Gasteiger partial charge is 0.269 e. The molecule has 0 amide bonds. The first-order chi connectivity index (χ1) is 5.29. The fourth-order valence-electron chi connectivity index (χ4n) is 1.04. The third-order valence-electron chi connectivity index (χ3n) is 1.54. The van der Waals surface area contributed by atoms with Crippen molar-refractivity contribution < 1.29 is 0 Å². The van der Waals surface area contributed by atoms with Crippen LogP contribution in [-0.4, -0.2) is 14.6 Å². The maximum Gasteiger partial charge on any atom is 0.161 e. The molecule has 0 aliphatic heterocycles. The van der Waals surface area contributed by atoms with Crippen LogP contribution in [-0.2, 0) is 0 Å². The summed E-state index contributed by atoms with van der Waals surface area (Å²) in [7, 11) is 0. The highest BCUT2D eigenvalue weighted by molar-refractivity contribution is 6.29. The van der Waals surface area contributed by atoms with E-state index < -0.39 is 0 Å². The number of halogens is 1. The zero-order chi connectivity index (χ0) is 7.84. The highest BCUT2D eigenvalue weighted by Crippen LogP contribution is 2.11. The maximum absolute atomic E-state index is 5.89. The van der Waals surface area contributed by atoms with Crippen LogP contribution < -0.4 is 0 Å². The molecule has 0 aliphatic carbocycles. The number of fused-ring (bicyclic) bond motifs is 1. The number of aromatic nitrogens is 3. The van der Waals surface area contributed by atoms with Gasteiger partial charge in [0.2, 0.25) is 0 Å². The monoisotopic (exact) mass is 167 g/mol. The molecule has 2 aromatic rings. The summed E-state index contributed by atoms with van der Waals surface area (Å²) in [4.78, 5) is 0. The fraction of sp³-hybridized carbons (Fsp3) is 0.143. The van der Waals surface area contributed by atoms with E-state index in [-0.39, 0.29) is 0 Å². The zero-order valence-corrected chi connectivity index (χ0v) is 6.71. The minimum absolute atomic E-state index is 0.644. The molecule has 0 atom stereocenters. The van der Waals surface area contributed by atoms with Gasteiger partial charge in [-0.15, -0.1) is 10.2 Å². The van der Waals surface area contributed by atoms with Crippen LogP contribution in [0.15, 0.2) is 18.2 Å². The van der Waals surface area contributed by atoms with Gasteiger partial charge in [0, 0.05) is 0 Å². The third-order valence-corrected chi connectivity index (χ3v) is 1.84. The number of rotatable bonds is 0. The molecule has 11 heavy (non-hydrogen) atoms. The molecule has 2 rings (SSSR count). The van der Waals surface area contributed by atoms with E-state index in [1.165, 1.54) is 0 Å². The van der Waals surface area contributed by atoms with Crippen molar-refractivity contribution in [3.8, 4) is 0 Å². The van der Waals surface area contributed by atoms with Crippen LogP contribution in [0.5, 0.6) is 0 Å². The zero-order valence-electron chi connectivity index (χ0n) is 5.95. The van der Waals surface area contributed by atoms with Crippen LogP contribution >= 0.6 is 11.6 Å². The SMILES string of the molecule is Cc1nnc2cccc(Cl)n12. The summed E-state index contributed by atoms with van der Waals surface area (Å²) in [6.45, 7) is 1.87. The predicted molar refractivity (Wildman–Crippen MR) is 42.7 cm³/mol. The van der Waals surface area contributed by atoms with Gasteiger partial charge in [-0.3, -0.25) is 4.40 Å². The lowest BCUT2D eigenvalue weighted by Crippen LogP contribution is -1.88. The van der Waals surface area contributed by atoms with Gasteiger partial charge in [0.1, 0.15) is 11.0 Å². The Labute approximate surface area is 68.6 Å². The normalized spacial score (nSPS) is 10.7. The second-order valence-corrected chi connectivity index (χ2v) is 2.68. The first-order valence-electron chi connectivity index (χ1n) is 3.25. The number of hydrogen-bond donors (Lipinski definition) is 0. The molecule has 56 valence electrons. The Bertz CT molecular complexity index is 393. The molecular weight excluding hydrogens is 162 g/mol. The molecule has 2 aromatic heterocycles. The summed E-state index contributed by atoms with van der Waals surface area (Å²) in [5, 5.41) is 8.44. The van der Waals surface area contributed by atoms with Gasteiger partial charge < -0.3 is 0 Å². The number of pyridine rings is 1.